The maximum Gasteiger partial charge on any atom is 0.235 e. The monoisotopic (exact) mass is 373 g/mol. The number of nitrogens with one attached hydrogen (secondary N) is 1. The summed E-state index contributed by atoms with van der Waals surface area (Å²) in [7, 11) is -3.72. The lowest BCUT2D eigenvalue weighted by molar-refractivity contribution is -0.118. The van der Waals surface area contributed by atoms with Crippen LogP contribution in [0, 0.1) is 5.82 Å². The van der Waals surface area contributed by atoms with E-state index in [1.54, 1.807) is 13.0 Å². The van der Waals surface area contributed by atoms with E-state index in [0.717, 1.165) is 0 Å². The van der Waals surface area contributed by atoms with Gasteiger partial charge in [0.15, 0.2) is 9.84 Å². The highest BCUT2D eigenvalue weighted by Crippen LogP contribution is 2.18. The fourth-order valence-electron chi connectivity index (χ4n) is 2.15. The molecular formula is C15H17ClFN3O3S. The quantitative estimate of drug-likeness (QED) is 0.804. The van der Waals surface area contributed by atoms with Crippen LogP contribution >= 0.6 is 11.6 Å². The molecule has 9 heteroatoms. The van der Waals surface area contributed by atoms with Crippen molar-refractivity contribution in [3.63, 3.8) is 0 Å². The lowest BCUT2D eigenvalue weighted by Gasteiger charge is -2.08. The van der Waals surface area contributed by atoms with Gasteiger partial charge in [0, 0.05) is 18.7 Å². The smallest absolute Gasteiger partial charge is 0.235 e. The molecule has 0 aliphatic rings. The summed E-state index contributed by atoms with van der Waals surface area (Å²) < 4.78 is 39.3. The second-order valence-electron chi connectivity index (χ2n) is 5.16. The average molecular weight is 374 g/mol. The molecule has 1 aromatic carbocycles. The lowest BCUT2D eigenvalue weighted by atomic mass is 10.2. The van der Waals surface area contributed by atoms with Crippen LogP contribution in [0.25, 0.3) is 0 Å². The molecule has 0 aliphatic heterocycles. The molecule has 0 saturated heterocycles. The van der Waals surface area contributed by atoms with Crippen molar-refractivity contribution in [2.24, 2.45) is 0 Å². The fraction of sp³-hybridized carbons (Fsp3) is 0.333. The normalized spacial score (nSPS) is 11.5. The minimum absolute atomic E-state index is 0.0747. The topological polar surface area (TPSA) is 81.1 Å². The van der Waals surface area contributed by atoms with Crippen molar-refractivity contribution < 1.29 is 17.6 Å². The maximum atomic E-state index is 13.5. The molecule has 0 aliphatic carbocycles. The predicted molar refractivity (Wildman–Crippen MR) is 88.6 cm³/mol. The number of hydrogen-bond donors (Lipinski definition) is 1. The molecular weight excluding hydrogens is 357 g/mol. The van der Waals surface area contributed by atoms with Crippen molar-refractivity contribution in [2.75, 3.05) is 5.75 Å². The fourth-order valence-corrected chi connectivity index (χ4v) is 3.76. The summed E-state index contributed by atoms with van der Waals surface area (Å²) in [5.41, 5.74) is 0.636. The zero-order valence-electron chi connectivity index (χ0n) is 13.0. The molecule has 130 valence electrons. The lowest BCUT2D eigenvalue weighted by Crippen LogP contribution is -2.31. The van der Waals surface area contributed by atoms with E-state index in [0.29, 0.717) is 12.2 Å². The van der Waals surface area contributed by atoms with Gasteiger partial charge < -0.3 is 5.32 Å². The van der Waals surface area contributed by atoms with Crippen LogP contribution in [0.4, 0.5) is 4.39 Å². The zero-order chi connectivity index (χ0) is 17.7. The van der Waals surface area contributed by atoms with Crippen molar-refractivity contribution in [1.29, 1.82) is 0 Å². The summed E-state index contributed by atoms with van der Waals surface area (Å²) in [6.07, 6.45) is 1.37. The molecule has 0 atom stereocenters. The second kappa shape index (κ2) is 7.76. The van der Waals surface area contributed by atoms with Gasteiger partial charge in [0.05, 0.1) is 22.7 Å². The highest BCUT2D eigenvalue weighted by molar-refractivity contribution is 7.91. The molecule has 2 aromatic rings. The van der Waals surface area contributed by atoms with Gasteiger partial charge in [-0.3, -0.25) is 9.48 Å². The standard InChI is InChI=1S/C15H17ClFN3O3S/c1-2-20-14(12(16)8-19-20)9-24(22,23)10-15(21)18-7-11-5-3-4-6-13(11)17/h3-6,8H,2,7,9-10H2,1H3,(H,18,21). The van der Waals surface area contributed by atoms with Crippen molar-refractivity contribution >= 4 is 27.3 Å². The number of aryl methyl sites for hydroxylation is 1. The van der Waals surface area contributed by atoms with E-state index in [-0.39, 0.29) is 22.9 Å². The third-order valence-electron chi connectivity index (χ3n) is 3.34. The first-order valence-corrected chi connectivity index (χ1v) is 9.43. The summed E-state index contributed by atoms with van der Waals surface area (Å²) in [6, 6.07) is 5.96. The first-order valence-electron chi connectivity index (χ1n) is 7.23. The van der Waals surface area contributed by atoms with Crippen molar-refractivity contribution in [2.45, 2.75) is 25.8 Å². The van der Waals surface area contributed by atoms with Gasteiger partial charge in [-0.15, -0.1) is 0 Å². The van der Waals surface area contributed by atoms with E-state index in [1.165, 1.54) is 29.1 Å². The van der Waals surface area contributed by atoms with Crippen molar-refractivity contribution in [3.05, 3.63) is 52.6 Å². The molecule has 1 aromatic heterocycles. The molecule has 0 unspecified atom stereocenters. The number of halogens is 2. The van der Waals surface area contributed by atoms with Crippen LogP contribution < -0.4 is 5.32 Å². The van der Waals surface area contributed by atoms with Crippen LogP contribution in [0.3, 0.4) is 0 Å². The average Bonchev–Trinajstić information content (AvgIpc) is 2.86. The van der Waals surface area contributed by atoms with Crippen LogP contribution in [0.5, 0.6) is 0 Å². The Kier molecular flexibility index (Phi) is 5.95. The SMILES string of the molecule is CCn1ncc(Cl)c1CS(=O)(=O)CC(=O)NCc1ccccc1F. The molecule has 24 heavy (non-hydrogen) atoms. The molecule has 1 heterocycles. The molecule has 1 N–H and O–H groups in total. The summed E-state index contributed by atoms with van der Waals surface area (Å²) in [5, 5.41) is 6.61. The number of benzene rings is 1. The molecule has 6 nitrogen and oxygen atoms in total. The van der Waals surface area contributed by atoms with Crippen molar-refractivity contribution in [1.82, 2.24) is 15.1 Å². The van der Waals surface area contributed by atoms with E-state index >= 15 is 0 Å². The van der Waals surface area contributed by atoms with Crippen LogP contribution in [0.2, 0.25) is 5.02 Å². The van der Waals surface area contributed by atoms with Gasteiger partial charge in [-0.2, -0.15) is 5.10 Å². The number of carbonyl (C=O) groups excluding carboxylic acids is 1. The molecule has 0 saturated carbocycles. The maximum absolute atomic E-state index is 13.5. The van der Waals surface area contributed by atoms with Gasteiger partial charge in [-0.1, -0.05) is 29.8 Å². The Balaban J connectivity index is 1.97. The van der Waals surface area contributed by atoms with E-state index in [1.807, 2.05) is 0 Å². The first-order chi connectivity index (χ1) is 11.3. The van der Waals surface area contributed by atoms with E-state index < -0.39 is 27.3 Å². The number of rotatable bonds is 7. The first kappa shape index (κ1) is 18.4. The third kappa shape index (κ3) is 4.78. The number of amides is 1. The highest BCUT2D eigenvalue weighted by Gasteiger charge is 2.21. The minimum atomic E-state index is -3.72. The van der Waals surface area contributed by atoms with E-state index in [9.17, 15) is 17.6 Å². The molecule has 2 rings (SSSR count). The Morgan fingerprint density at radius 2 is 2.08 bits per heavy atom. The Morgan fingerprint density at radius 1 is 1.38 bits per heavy atom. The second-order valence-corrected chi connectivity index (χ2v) is 7.63. The van der Waals surface area contributed by atoms with Crippen molar-refractivity contribution in [3.8, 4) is 0 Å². The Bertz CT molecular complexity index is 836. The van der Waals surface area contributed by atoms with Gasteiger partial charge >= 0.3 is 0 Å². The molecule has 0 fully saturated rings. The van der Waals surface area contributed by atoms with Crippen LogP contribution in [0.15, 0.2) is 30.5 Å². The molecule has 1 amide bonds. The van der Waals surface area contributed by atoms with Crippen LogP contribution in [0.1, 0.15) is 18.2 Å². The summed E-state index contributed by atoms with van der Waals surface area (Å²) in [4.78, 5) is 11.8. The number of hydrogen-bond acceptors (Lipinski definition) is 4. The molecule has 0 radical (unpaired) electrons. The Hall–Kier alpha value is -1.93. The summed E-state index contributed by atoms with van der Waals surface area (Å²) in [5.74, 6) is -2.24. The van der Waals surface area contributed by atoms with Gasteiger partial charge in [0.2, 0.25) is 5.91 Å². The van der Waals surface area contributed by atoms with Gasteiger partial charge in [0.25, 0.3) is 0 Å². The van der Waals surface area contributed by atoms with Gasteiger partial charge in [-0.05, 0) is 13.0 Å². The van der Waals surface area contributed by atoms with Gasteiger partial charge in [-0.25, -0.2) is 12.8 Å². The number of carbonyl (C=O) groups is 1. The summed E-state index contributed by atoms with van der Waals surface area (Å²) in [6.45, 7) is 2.20. The number of aromatic nitrogens is 2. The minimum Gasteiger partial charge on any atom is -0.351 e. The van der Waals surface area contributed by atoms with Crippen LogP contribution in [-0.4, -0.2) is 29.9 Å². The van der Waals surface area contributed by atoms with Gasteiger partial charge in [0.1, 0.15) is 11.6 Å². The molecule has 0 spiro atoms. The third-order valence-corrected chi connectivity index (χ3v) is 5.07. The van der Waals surface area contributed by atoms with E-state index in [4.69, 9.17) is 11.6 Å². The number of sulfone groups is 1. The Labute approximate surface area is 144 Å². The number of nitrogens with zero attached hydrogens (tertiary/aromatic N) is 2. The molecule has 0 bridgehead atoms. The predicted octanol–water partition coefficient (Wildman–Crippen LogP) is 1.93. The zero-order valence-corrected chi connectivity index (χ0v) is 14.6. The Morgan fingerprint density at radius 3 is 2.75 bits per heavy atom. The van der Waals surface area contributed by atoms with Crippen LogP contribution in [-0.2, 0) is 33.5 Å². The summed E-state index contributed by atoms with van der Waals surface area (Å²) >= 11 is 5.93. The van der Waals surface area contributed by atoms with E-state index in [2.05, 4.69) is 10.4 Å². The highest BCUT2D eigenvalue weighted by atomic mass is 35.5. The largest absolute Gasteiger partial charge is 0.351 e.